The van der Waals surface area contributed by atoms with Gasteiger partial charge in [0.05, 0.1) is 5.69 Å². The molecule has 2 unspecified atom stereocenters. The number of amides is 1. The van der Waals surface area contributed by atoms with Crippen molar-refractivity contribution in [2.75, 3.05) is 20.1 Å². The van der Waals surface area contributed by atoms with E-state index in [-0.39, 0.29) is 11.9 Å². The second-order valence-electron chi connectivity index (χ2n) is 5.14. The largest absolute Gasteiger partial charge is 0.344 e. The highest BCUT2D eigenvalue weighted by Gasteiger charge is 2.33. The molecule has 0 radical (unpaired) electrons. The molecular weight excluding hydrogens is 240 g/mol. The zero-order valence-corrected chi connectivity index (χ0v) is 11.6. The van der Waals surface area contributed by atoms with Crippen LogP contribution in [0.25, 0.3) is 0 Å². The van der Waals surface area contributed by atoms with Crippen LogP contribution in [0.3, 0.4) is 0 Å². The minimum atomic E-state index is -0.246. The van der Waals surface area contributed by atoms with Gasteiger partial charge in [-0.15, -0.1) is 0 Å². The average Bonchev–Trinajstić information content (AvgIpc) is 2.53. The predicted molar refractivity (Wildman–Crippen MR) is 74.3 cm³/mol. The first-order valence-corrected chi connectivity index (χ1v) is 6.74. The number of pyridine rings is 1. The molecule has 1 amide bonds. The minimum absolute atomic E-state index is 0.114. The average molecular weight is 262 g/mol. The molecule has 1 aliphatic heterocycles. The Morgan fingerprint density at radius 2 is 2.26 bits per heavy atom. The van der Waals surface area contributed by atoms with Crippen LogP contribution in [0, 0.1) is 0 Å². The molecular formula is C14H22N4O. The van der Waals surface area contributed by atoms with Crippen LogP contribution in [0.2, 0.25) is 0 Å². The van der Waals surface area contributed by atoms with Gasteiger partial charge >= 0.3 is 0 Å². The first-order chi connectivity index (χ1) is 9.13. The number of aromatic nitrogens is 1. The fraction of sp³-hybridized carbons (Fsp3) is 0.571. The van der Waals surface area contributed by atoms with Gasteiger partial charge in [-0.05, 0) is 25.5 Å². The molecule has 1 aromatic rings. The van der Waals surface area contributed by atoms with Crippen molar-refractivity contribution in [1.82, 2.24) is 14.8 Å². The van der Waals surface area contributed by atoms with Gasteiger partial charge in [0.15, 0.2) is 0 Å². The van der Waals surface area contributed by atoms with Gasteiger partial charge < -0.3 is 10.6 Å². The lowest BCUT2D eigenvalue weighted by Crippen LogP contribution is -2.51. The lowest BCUT2D eigenvalue weighted by molar-refractivity contribution is -0.134. The maximum atomic E-state index is 12.3. The molecule has 5 nitrogen and oxygen atoms in total. The van der Waals surface area contributed by atoms with E-state index in [2.05, 4.69) is 16.8 Å². The number of carbonyl (C=O) groups excluding carboxylic acids is 1. The zero-order valence-electron chi connectivity index (χ0n) is 11.6. The number of carbonyl (C=O) groups is 1. The van der Waals surface area contributed by atoms with Crippen LogP contribution in [0.15, 0.2) is 24.4 Å². The van der Waals surface area contributed by atoms with Gasteiger partial charge in [0.1, 0.15) is 6.04 Å². The fourth-order valence-corrected chi connectivity index (χ4v) is 2.54. The molecule has 1 fully saturated rings. The second kappa shape index (κ2) is 6.12. The van der Waals surface area contributed by atoms with Crippen molar-refractivity contribution in [3.8, 4) is 0 Å². The summed E-state index contributed by atoms with van der Waals surface area (Å²) >= 11 is 0. The van der Waals surface area contributed by atoms with Crippen molar-refractivity contribution in [1.29, 1.82) is 0 Å². The van der Waals surface area contributed by atoms with E-state index in [1.54, 1.807) is 11.1 Å². The van der Waals surface area contributed by atoms with Gasteiger partial charge in [-0.25, -0.2) is 0 Å². The summed E-state index contributed by atoms with van der Waals surface area (Å²) in [6.45, 7) is 3.96. The predicted octanol–water partition coefficient (Wildman–Crippen LogP) is 0.462. The molecule has 2 heterocycles. The third-order valence-corrected chi connectivity index (χ3v) is 3.80. The Balaban J connectivity index is 2.21. The van der Waals surface area contributed by atoms with Crippen LogP contribution in [0.1, 0.15) is 19.0 Å². The van der Waals surface area contributed by atoms with E-state index in [0.29, 0.717) is 19.1 Å². The van der Waals surface area contributed by atoms with E-state index in [1.165, 1.54) is 0 Å². The standard InChI is InChI=1S/C14H22N4O/c1-11-6-8-17(2)14(19)13(9-15)18(11)10-12-5-3-4-7-16-12/h3-5,7,11,13H,6,8-10,15H2,1-2H3. The number of nitrogens with two attached hydrogens (primary N) is 1. The number of nitrogens with zero attached hydrogens (tertiary/aromatic N) is 3. The van der Waals surface area contributed by atoms with Gasteiger partial charge in [0.25, 0.3) is 0 Å². The summed E-state index contributed by atoms with van der Waals surface area (Å²) in [5.74, 6) is 0.114. The van der Waals surface area contributed by atoms with Gasteiger partial charge in [0, 0.05) is 38.9 Å². The summed E-state index contributed by atoms with van der Waals surface area (Å²) in [6.07, 6.45) is 2.74. The number of hydrogen-bond donors (Lipinski definition) is 1. The molecule has 19 heavy (non-hydrogen) atoms. The third-order valence-electron chi connectivity index (χ3n) is 3.80. The molecule has 1 aromatic heterocycles. The molecule has 2 atom stereocenters. The molecule has 0 spiro atoms. The van der Waals surface area contributed by atoms with E-state index in [9.17, 15) is 4.79 Å². The first kappa shape index (κ1) is 14.0. The van der Waals surface area contributed by atoms with E-state index in [0.717, 1.165) is 18.7 Å². The van der Waals surface area contributed by atoms with E-state index >= 15 is 0 Å². The van der Waals surface area contributed by atoms with E-state index in [4.69, 9.17) is 5.73 Å². The molecule has 0 saturated carbocycles. The van der Waals surface area contributed by atoms with Crippen LogP contribution in [0.4, 0.5) is 0 Å². The SMILES string of the molecule is CC1CCN(C)C(=O)C(CN)N1Cc1ccccn1. The summed E-state index contributed by atoms with van der Waals surface area (Å²) < 4.78 is 0. The van der Waals surface area contributed by atoms with Crippen molar-refractivity contribution in [2.45, 2.75) is 32.0 Å². The van der Waals surface area contributed by atoms with Crippen molar-refractivity contribution in [3.63, 3.8) is 0 Å². The highest BCUT2D eigenvalue weighted by Crippen LogP contribution is 2.18. The first-order valence-electron chi connectivity index (χ1n) is 6.74. The Morgan fingerprint density at radius 3 is 2.89 bits per heavy atom. The monoisotopic (exact) mass is 262 g/mol. The summed E-state index contributed by atoms with van der Waals surface area (Å²) in [7, 11) is 1.85. The topological polar surface area (TPSA) is 62.5 Å². The van der Waals surface area contributed by atoms with E-state index in [1.807, 2.05) is 25.2 Å². The lowest BCUT2D eigenvalue weighted by atomic mass is 10.1. The van der Waals surface area contributed by atoms with Gasteiger partial charge in [-0.2, -0.15) is 0 Å². The van der Waals surface area contributed by atoms with Crippen LogP contribution in [-0.4, -0.2) is 52.9 Å². The smallest absolute Gasteiger partial charge is 0.241 e. The Morgan fingerprint density at radius 1 is 1.47 bits per heavy atom. The van der Waals surface area contributed by atoms with Crippen LogP contribution in [-0.2, 0) is 11.3 Å². The molecule has 0 aliphatic carbocycles. The molecule has 1 aliphatic rings. The molecule has 1 saturated heterocycles. The highest BCUT2D eigenvalue weighted by atomic mass is 16.2. The van der Waals surface area contributed by atoms with Crippen molar-refractivity contribution in [2.24, 2.45) is 5.73 Å². The second-order valence-corrected chi connectivity index (χ2v) is 5.14. The normalized spacial score (nSPS) is 25.4. The number of likely N-dealkylation sites (N-methyl/N-ethyl adjacent to an activating group) is 1. The fourth-order valence-electron chi connectivity index (χ4n) is 2.54. The van der Waals surface area contributed by atoms with E-state index < -0.39 is 0 Å². The Labute approximate surface area is 114 Å². The maximum Gasteiger partial charge on any atom is 0.241 e. The maximum absolute atomic E-state index is 12.3. The molecule has 0 aromatic carbocycles. The molecule has 0 bridgehead atoms. The quantitative estimate of drug-likeness (QED) is 0.859. The minimum Gasteiger partial charge on any atom is -0.344 e. The summed E-state index contributed by atoms with van der Waals surface area (Å²) in [5.41, 5.74) is 6.80. The lowest BCUT2D eigenvalue weighted by Gasteiger charge is -2.32. The molecule has 104 valence electrons. The Kier molecular flexibility index (Phi) is 4.50. The zero-order chi connectivity index (χ0) is 13.8. The van der Waals surface area contributed by atoms with Crippen molar-refractivity contribution in [3.05, 3.63) is 30.1 Å². The van der Waals surface area contributed by atoms with Crippen LogP contribution < -0.4 is 5.73 Å². The summed E-state index contributed by atoms with van der Waals surface area (Å²) in [4.78, 5) is 20.6. The van der Waals surface area contributed by atoms with Crippen molar-refractivity contribution >= 4 is 5.91 Å². The molecule has 5 heteroatoms. The summed E-state index contributed by atoms with van der Waals surface area (Å²) in [6, 6.07) is 5.93. The highest BCUT2D eigenvalue weighted by molar-refractivity contribution is 5.82. The van der Waals surface area contributed by atoms with Gasteiger partial charge in [0.2, 0.25) is 5.91 Å². The van der Waals surface area contributed by atoms with Crippen molar-refractivity contribution < 1.29 is 4.79 Å². The number of hydrogen-bond acceptors (Lipinski definition) is 4. The number of rotatable bonds is 3. The van der Waals surface area contributed by atoms with Gasteiger partial charge in [-0.3, -0.25) is 14.7 Å². The molecule has 2 N–H and O–H groups in total. The summed E-state index contributed by atoms with van der Waals surface area (Å²) in [5, 5.41) is 0. The third kappa shape index (κ3) is 3.11. The molecule has 2 rings (SSSR count). The van der Waals surface area contributed by atoms with Gasteiger partial charge in [-0.1, -0.05) is 6.07 Å². The Bertz CT molecular complexity index is 423. The van der Waals surface area contributed by atoms with Crippen LogP contribution >= 0.6 is 0 Å². The van der Waals surface area contributed by atoms with Crippen LogP contribution in [0.5, 0.6) is 0 Å². The Hall–Kier alpha value is -1.46.